The number of oxime groups is 1. The van der Waals surface area contributed by atoms with E-state index in [1.807, 2.05) is 30.3 Å². The molecule has 1 unspecified atom stereocenters. The van der Waals surface area contributed by atoms with Gasteiger partial charge in [0.25, 0.3) is 0 Å². The Bertz CT molecular complexity index is 389. The van der Waals surface area contributed by atoms with Gasteiger partial charge >= 0.3 is 0 Å². The summed E-state index contributed by atoms with van der Waals surface area (Å²) in [6.07, 6.45) is 1.75. The largest absolute Gasteiger partial charge is 0.411 e. The third kappa shape index (κ3) is 3.67. The summed E-state index contributed by atoms with van der Waals surface area (Å²) in [5.41, 5.74) is 0.111. The van der Waals surface area contributed by atoms with Gasteiger partial charge in [0.1, 0.15) is 5.78 Å². The molecule has 0 saturated heterocycles. The number of carbonyl (C=O) groups excluding carboxylic acids is 1. The molecule has 0 aliphatic carbocycles. The average molecular weight is 235 g/mol. The van der Waals surface area contributed by atoms with Gasteiger partial charge in [-0.2, -0.15) is 0 Å². The molecule has 0 spiro atoms. The normalized spacial score (nSPS) is 14.7. The van der Waals surface area contributed by atoms with Crippen LogP contribution in [0, 0.1) is 5.41 Å². The van der Waals surface area contributed by atoms with E-state index in [-0.39, 0.29) is 18.8 Å². The Kier molecular flexibility index (Phi) is 4.84. The average Bonchev–Trinajstić information content (AvgIpc) is 2.31. The van der Waals surface area contributed by atoms with Crippen molar-refractivity contribution in [2.45, 2.75) is 19.8 Å². The van der Waals surface area contributed by atoms with E-state index >= 15 is 0 Å². The zero-order valence-corrected chi connectivity index (χ0v) is 9.84. The highest BCUT2D eigenvalue weighted by Gasteiger charge is 2.31. The van der Waals surface area contributed by atoms with Crippen molar-refractivity contribution in [3.05, 3.63) is 35.9 Å². The molecule has 0 aliphatic heterocycles. The van der Waals surface area contributed by atoms with Crippen LogP contribution >= 0.6 is 0 Å². The minimum absolute atomic E-state index is 0.0648. The maximum Gasteiger partial charge on any atom is 0.146 e. The van der Waals surface area contributed by atoms with Crippen LogP contribution in [-0.4, -0.2) is 28.9 Å². The summed E-state index contributed by atoms with van der Waals surface area (Å²) >= 11 is 0. The maximum absolute atomic E-state index is 11.9. The highest BCUT2D eigenvalue weighted by atomic mass is 16.4. The lowest BCUT2D eigenvalue weighted by Crippen LogP contribution is -2.32. The first-order chi connectivity index (χ1) is 8.12. The zero-order chi connectivity index (χ0) is 12.7. The molecule has 0 bridgehead atoms. The lowest BCUT2D eigenvalue weighted by atomic mass is 9.79. The number of ketones is 1. The highest BCUT2D eigenvalue weighted by Crippen LogP contribution is 2.23. The topological polar surface area (TPSA) is 69.9 Å². The van der Waals surface area contributed by atoms with Gasteiger partial charge in [0.2, 0.25) is 0 Å². The van der Waals surface area contributed by atoms with Crippen molar-refractivity contribution >= 4 is 12.0 Å². The van der Waals surface area contributed by atoms with Gasteiger partial charge in [0.15, 0.2) is 0 Å². The molecule has 1 aromatic rings. The summed E-state index contributed by atoms with van der Waals surface area (Å²) < 4.78 is 0. The second kappa shape index (κ2) is 6.15. The summed E-state index contributed by atoms with van der Waals surface area (Å²) in [5.74, 6) is -0.137. The first-order valence-electron chi connectivity index (χ1n) is 5.49. The standard InChI is InChI=1S/C13H17NO3/c1-13(10-14-17,12(16)7-8-15)9-11-5-3-2-4-6-11/h2-6,10,15,17H,7-9H2,1H3. The number of hydrogen-bond acceptors (Lipinski definition) is 4. The zero-order valence-electron chi connectivity index (χ0n) is 9.84. The molecule has 0 radical (unpaired) electrons. The summed E-state index contributed by atoms with van der Waals surface area (Å²) in [6, 6.07) is 9.51. The minimum atomic E-state index is -0.876. The van der Waals surface area contributed by atoms with E-state index < -0.39 is 5.41 Å². The number of aliphatic hydroxyl groups excluding tert-OH is 1. The predicted octanol–water partition coefficient (Wildman–Crippen LogP) is 1.65. The molecule has 0 amide bonds. The lowest BCUT2D eigenvalue weighted by molar-refractivity contribution is -0.125. The van der Waals surface area contributed by atoms with Crippen molar-refractivity contribution in [1.82, 2.24) is 0 Å². The molecule has 2 N–H and O–H groups in total. The van der Waals surface area contributed by atoms with Crippen LogP contribution in [0.2, 0.25) is 0 Å². The van der Waals surface area contributed by atoms with E-state index in [0.29, 0.717) is 6.42 Å². The molecule has 0 heterocycles. The second-order valence-corrected chi connectivity index (χ2v) is 4.22. The number of nitrogens with zero attached hydrogens (tertiary/aromatic N) is 1. The van der Waals surface area contributed by atoms with Crippen molar-refractivity contribution in [3.8, 4) is 0 Å². The van der Waals surface area contributed by atoms with Gasteiger partial charge in [-0.3, -0.25) is 4.79 Å². The van der Waals surface area contributed by atoms with Crippen LogP contribution < -0.4 is 0 Å². The number of aliphatic hydroxyl groups is 1. The van der Waals surface area contributed by atoms with Gasteiger partial charge < -0.3 is 10.3 Å². The van der Waals surface area contributed by atoms with Crippen LogP contribution in [0.15, 0.2) is 35.5 Å². The van der Waals surface area contributed by atoms with Crippen molar-refractivity contribution in [1.29, 1.82) is 0 Å². The number of benzene rings is 1. The molecule has 4 nitrogen and oxygen atoms in total. The first-order valence-corrected chi connectivity index (χ1v) is 5.49. The fourth-order valence-electron chi connectivity index (χ4n) is 1.75. The van der Waals surface area contributed by atoms with Gasteiger partial charge in [0.05, 0.1) is 11.6 Å². The number of carbonyl (C=O) groups is 1. The third-order valence-corrected chi connectivity index (χ3v) is 2.73. The molecular weight excluding hydrogens is 218 g/mol. The Hall–Kier alpha value is -1.68. The molecule has 0 fully saturated rings. The summed E-state index contributed by atoms with van der Waals surface area (Å²) in [4.78, 5) is 11.9. The molecule has 0 aliphatic rings. The molecular formula is C13H17NO3. The Morgan fingerprint density at radius 1 is 1.41 bits per heavy atom. The Morgan fingerprint density at radius 3 is 2.59 bits per heavy atom. The van der Waals surface area contributed by atoms with Crippen LogP contribution in [0.3, 0.4) is 0 Å². The van der Waals surface area contributed by atoms with E-state index in [1.54, 1.807) is 6.92 Å². The number of rotatable bonds is 6. The van der Waals surface area contributed by atoms with Crippen LogP contribution in [0.25, 0.3) is 0 Å². The monoisotopic (exact) mass is 235 g/mol. The minimum Gasteiger partial charge on any atom is -0.411 e. The molecule has 0 aromatic heterocycles. The van der Waals surface area contributed by atoms with E-state index in [2.05, 4.69) is 5.16 Å². The highest BCUT2D eigenvalue weighted by molar-refractivity contribution is 5.99. The van der Waals surface area contributed by atoms with E-state index in [9.17, 15) is 4.79 Å². The van der Waals surface area contributed by atoms with Gasteiger partial charge in [-0.1, -0.05) is 30.3 Å². The molecule has 1 aromatic carbocycles. The first kappa shape index (κ1) is 13.4. The van der Waals surface area contributed by atoms with Gasteiger partial charge in [-0.15, -0.1) is 5.16 Å². The Balaban J connectivity index is 2.89. The fraction of sp³-hybridized carbons (Fsp3) is 0.385. The maximum atomic E-state index is 11.9. The van der Waals surface area contributed by atoms with E-state index in [4.69, 9.17) is 10.3 Å². The van der Waals surface area contributed by atoms with Crippen LogP contribution in [0.4, 0.5) is 0 Å². The van der Waals surface area contributed by atoms with Gasteiger partial charge in [-0.05, 0) is 18.9 Å². The molecule has 92 valence electrons. The van der Waals surface area contributed by atoms with Crippen molar-refractivity contribution in [2.75, 3.05) is 6.61 Å². The van der Waals surface area contributed by atoms with Crippen molar-refractivity contribution in [3.63, 3.8) is 0 Å². The fourth-order valence-corrected chi connectivity index (χ4v) is 1.75. The Morgan fingerprint density at radius 2 is 2.06 bits per heavy atom. The summed E-state index contributed by atoms with van der Waals surface area (Å²) in [7, 11) is 0. The summed E-state index contributed by atoms with van der Waals surface area (Å²) in [6.45, 7) is 1.51. The van der Waals surface area contributed by atoms with Crippen molar-refractivity contribution in [2.24, 2.45) is 10.6 Å². The Labute approximate surface area is 101 Å². The number of Topliss-reactive ketones (excluding diaryl/α,β-unsaturated/α-hetero) is 1. The molecule has 0 saturated carbocycles. The summed E-state index contributed by atoms with van der Waals surface area (Å²) in [5, 5.41) is 20.4. The quantitative estimate of drug-likeness (QED) is 0.447. The number of hydrogen-bond donors (Lipinski definition) is 2. The van der Waals surface area contributed by atoms with E-state index in [0.717, 1.165) is 5.56 Å². The molecule has 1 rings (SSSR count). The predicted molar refractivity (Wildman–Crippen MR) is 65.2 cm³/mol. The molecule has 1 atom stereocenters. The lowest BCUT2D eigenvalue weighted by Gasteiger charge is -2.22. The van der Waals surface area contributed by atoms with E-state index in [1.165, 1.54) is 6.21 Å². The molecule has 4 heteroatoms. The van der Waals surface area contributed by atoms with Gasteiger partial charge in [0, 0.05) is 13.0 Å². The third-order valence-electron chi connectivity index (χ3n) is 2.73. The molecule has 17 heavy (non-hydrogen) atoms. The smallest absolute Gasteiger partial charge is 0.146 e. The van der Waals surface area contributed by atoms with Crippen LogP contribution in [0.1, 0.15) is 18.9 Å². The van der Waals surface area contributed by atoms with Crippen LogP contribution in [0.5, 0.6) is 0 Å². The van der Waals surface area contributed by atoms with Gasteiger partial charge in [-0.25, -0.2) is 0 Å². The van der Waals surface area contributed by atoms with Crippen molar-refractivity contribution < 1.29 is 15.1 Å². The van der Waals surface area contributed by atoms with Crippen LogP contribution in [-0.2, 0) is 11.2 Å². The SMILES string of the molecule is CC(C=NO)(Cc1ccccc1)C(=O)CCO. The second-order valence-electron chi connectivity index (χ2n) is 4.22.